The van der Waals surface area contributed by atoms with E-state index in [1.807, 2.05) is 0 Å². The van der Waals surface area contributed by atoms with E-state index in [9.17, 15) is 9.59 Å². The van der Waals surface area contributed by atoms with Crippen LogP contribution in [0.4, 0.5) is 10.8 Å². The monoisotopic (exact) mass is 377 g/mol. The van der Waals surface area contributed by atoms with E-state index in [0.717, 1.165) is 11.3 Å². The van der Waals surface area contributed by atoms with Gasteiger partial charge in [0.2, 0.25) is 5.13 Å². The second-order valence-electron chi connectivity index (χ2n) is 5.02. The molecule has 1 aromatic carbocycles. The van der Waals surface area contributed by atoms with Crippen molar-refractivity contribution in [1.29, 1.82) is 0 Å². The zero-order valence-corrected chi connectivity index (χ0v) is 15.1. The number of guanidine groups is 1. The molecular weight excluding hydrogens is 358 g/mol. The van der Waals surface area contributed by atoms with E-state index in [4.69, 9.17) is 20.9 Å². The van der Waals surface area contributed by atoms with E-state index in [2.05, 4.69) is 15.3 Å². The predicted molar refractivity (Wildman–Crippen MR) is 98.8 cm³/mol. The highest BCUT2D eigenvalue weighted by molar-refractivity contribution is 7.17. The third-order valence-corrected chi connectivity index (χ3v) is 4.04. The molecule has 0 atom stereocenters. The molecule has 26 heavy (non-hydrogen) atoms. The zero-order chi connectivity index (χ0) is 19.1. The number of nitrogens with two attached hydrogens (primary N) is 2. The average Bonchev–Trinajstić information content (AvgIpc) is 2.94. The third-order valence-electron chi connectivity index (χ3n) is 2.99. The summed E-state index contributed by atoms with van der Waals surface area (Å²) >= 11 is 1.09. The maximum absolute atomic E-state index is 12.4. The number of anilines is 1. The minimum Gasteiger partial charge on any atom is -0.482 e. The molecule has 0 aliphatic rings. The lowest BCUT2D eigenvalue weighted by molar-refractivity contribution is -0.145. The van der Waals surface area contributed by atoms with Gasteiger partial charge in [0, 0.05) is 5.69 Å². The molecule has 0 bridgehead atoms. The normalized spacial score (nSPS) is 10.1. The summed E-state index contributed by atoms with van der Waals surface area (Å²) in [7, 11) is 0. The number of carbonyl (C=O) groups is 2. The summed E-state index contributed by atoms with van der Waals surface area (Å²) in [5, 5.41) is 3.07. The van der Waals surface area contributed by atoms with Gasteiger partial charge in [-0.3, -0.25) is 4.79 Å². The van der Waals surface area contributed by atoms with Gasteiger partial charge in [-0.2, -0.15) is 4.99 Å². The first-order valence-electron chi connectivity index (χ1n) is 7.66. The first-order chi connectivity index (χ1) is 12.4. The number of aromatic nitrogens is 1. The summed E-state index contributed by atoms with van der Waals surface area (Å²) in [6.45, 7) is 3.55. The lowest BCUT2D eigenvalue weighted by atomic mass is 10.3. The summed E-state index contributed by atoms with van der Waals surface area (Å²) in [6, 6.07) is 6.59. The summed E-state index contributed by atoms with van der Waals surface area (Å²) in [4.78, 5) is 32.0. The number of aryl methyl sites for hydroxylation is 1. The van der Waals surface area contributed by atoms with E-state index in [-0.39, 0.29) is 18.5 Å². The number of aliphatic imine (C=N–C) groups is 1. The Kier molecular flexibility index (Phi) is 6.50. The zero-order valence-electron chi connectivity index (χ0n) is 14.3. The molecule has 1 heterocycles. The van der Waals surface area contributed by atoms with Gasteiger partial charge in [-0.05, 0) is 38.1 Å². The summed E-state index contributed by atoms with van der Waals surface area (Å²) in [6.07, 6.45) is 0. The summed E-state index contributed by atoms with van der Waals surface area (Å²) < 4.78 is 10.1. The third kappa shape index (κ3) is 5.45. The largest absolute Gasteiger partial charge is 0.482 e. The number of ether oxygens (including phenoxy) is 2. The van der Waals surface area contributed by atoms with Crippen LogP contribution in [-0.4, -0.2) is 36.0 Å². The number of esters is 1. The smallest absolute Gasteiger partial charge is 0.344 e. The standard InChI is InChI=1S/C16H19N5O4S/c1-3-24-12(22)8-25-11-6-4-10(5-7-11)20-14(23)13-9(2)19-16(26-13)21-15(17)18/h4-7H,3,8H2,1-2H3,(H,20,23)(H4,17,18,19,21). The Bertz CT molecular complexity index is 813. The van der Waals surface area contributed by atoms with Crippen molar-refractivity contribution >= 4 is 40.0 Å². The number of rotatable bonds is 7. The molecule has 0 fully saturated rings. The molecule has 0 spiro atoms. The van der Waals surface area contributed by atoms with Crippen molar-refractivity contribution in [1.82, 2.24) is 4.98 Å². The van der Waals surface area contributed by atoms with Crippen LogP contribution in [0.1, 0.15) is 22.3 Å². The fourth-order valence-electron chi connectivity index (χ4n) is 1.92. The quantitative estimate of drug-likeness (QED) is 0.377. The van der Waals surface area contributed by atoms with E-state index < -0.39 is 5.97 Å². The van der Waals surface area contributed by atoms with Crippen molar-refractivity contribution in [2.75, 3.05) is 18.5 Å². The Morgan fingerprint density at radius 2 is 1.96 bits per heavy atom. The molecule has 0 saturated heterocycles. The van der Waals surface area contributed by atoms with E-state index in [0.29, 0.717) is 33.7 Å². The average molecular weight is 377 g/mol. The van der Waals surface area contributed by atoms with Crippen LogP contribution >= 0.6 is 11.3 Å². The molecule has 0 aliphatic heterocycles. The highest BCUT2D eigenvalue weighted by Crippen LogP contribution is 2.26. The van der Waals surface area contributed by atoms with Crippen molar-refractivity contribution in [2.45, 2.75) is 13.8 Å². The topological polar surface area (TPSA) is 142 Å². The van der Waals surface area contributed by atoms with Gasteiger partial charge < -0.3 is 26.3 Å². The number of nitrogens with one attached hydrogen (secondary N) is 1. The van der Waals surface area contributed by atoms with Crippen LogP contribution in [0, 0.1) is 6.92 Å². The lowest BCUT2D eigenvalue weighted by Gasteiger charge is -2.07. The maximum atomic E-state index is 12.4. The number of carbonyl (C=O) groups excluding carboxylic acids is 2. The summed E-state index contributed by atoms with van der Waals surface area (Å²) in [5.74, 6) is -0.399. The number of hydrogen-bond donors (Lipinski definition) is 3. The second-order valence-corrected chi connectivity index (χ2v) is 6.00. The van der Waals surface area contributed by atoms with Crippen LogP contribution in [0.15, 0.2) is 29.3 Å². The number of amides is 1. The van der Waals surface area contributed by atoms with Gasteiger partial charge in [0.25, 0.3) is 5.91 Å². The van der Waals surface area contributed by atoms with Gasteiger partial charge in [-0.15, -0.1) is 0 Å². The molecule has 5 N–H and O–H groups in total. The van der Waals surface area contributed by atoms with Crippen LogP contribution < -0.4 is 21.5 Å². The molecule has 0 unspecified atom stereocenters. The Hall–Kier alpha value is -3.14. The maximum Gasteiger partial charge on any atom is 0.344 e. The molecule has 0 radical (unpaired) electrons. The van der Waals surface area contributed by atoms with E-state index in [1.165, 1.54) is 0 Å². The SMILES string of the molecule is CCOC(=O)COc1ccc(NC(=O)c2sc(N=C(N)N)nc2C)cc1. The van der Waals surface area contributed by atoms with Gasteiger partial charge in [0.05, 0.1) is 12.3 Å². The summed E-state index contributed by atoms with van der Waals surface area (Å²) in [5.41, 5.74) is 11.7. The molecular formula is C16H19N5O4S. The fraction of sp³-hybridized carbons (Fsp3) is 0.250. The molecule has 1 aromatic heterocycles. The molecule has 2 rings (SSSR count). The second kappa shape index (κ2) is 8.81. The van der Waals surface area contributed by atoms with E-state index >= 15 is 0 Å². The van der Waals surface area contributed by atoms with Crippen LogP contribution in [0.5, 0.6) is 5.75 Å². The van der Waals surface area contributed by atoms with Crippen LogP contribution in [0.25, 0.3) is 0 Å². The number of benzene rings is 1. The first kappa shape index (κ1) is 19.2. The Morgan fingerprint density at radius 3 is 2.58 bits per heavy atom. The van der Waals surface area contributed by atoms with Crippen molar-refractivity contribution in [3.8, 4) is 5.75 Å². The van der Waals surface area contributed by atoms with Crippen molar-refractivity contribution in [3.63, 3.8) is 0 Å². The van der Waals surface area contributed by atoms with Crippen LogP contribution in [0.2, 0.25) is 0 Å². The number of thiazole rings is 1. The van der Waals surface area contributed by atoms with E-state index in [1.54, 1.807) is 38.1 Å². The molecule has 1 amide bonds. The first-order valence-corrected chi connectivity index (χ1v) is 8.47. The highest BCUT2D eigenvalue weighted by Gasteiger charge is 2.15. The van der Waals surface area contributed by atoms with Crippen LogP contribution in [-0.2, 0) is 9.53 Å². The Morgan fingerprint density at radius 1 is 1.27 bits per heavy atom. The van der Waals surface area contributed by atoms with Gasteiger partial charge in [-0.25, -0.2) is 9.78 Å². The van der Waals surface area contributed by atoms with Crippen molar-refractivity contribution in [3.05, 3.63) is 34.8 Å². The lowest BCUT2D eigenvalue weighted by Crippen LogP contribution is -2.21. The predicted octanol–water partition coefficient (Wildman–Crippen LogP) is 1.55. The highest BCUT2D eigenvalue weighted by atomic mass is 32.1. The van der Waals surface area contributed by atoms with Gasteiger partial charge in [0.15, 0.2) is 12.6 Å². The molecule has 9 nitrogen and oxygen atoms in total. The van der Waals surface area contributed by atoms with Gasteiger partial charge in [-0.1, -0.05) is 11.3 Å². The van der Waals surface area contributed by atoms with Crippen molar-refractivity contribution < 1.29 is 19.1 Å². The minimum absolute atomic E-state index is 0.121. The Balaban J connectivity index is 1.98. The minimum atomic E-state index is -0.442. The molecule has 10 heteroatoms. The number of hydrogen-bond acceptors (Lipinski definition) is 7. The molecule has 138 valence electrons. The Labute approximate surface area is 154 Å². The van der Waals surface area contributed by atoms with Crippen LogP contribution in [0.3, 0.4) is 0 Å². The van der Waals surface area contributed by atoms with Crippen molar-refractivity contribution in [2.24, 2.45) is 16.5 Å². The number of nitrogens with zero attached hydrogens (tertiary/aromatic N) is 2. The van der Waals surface area contributed by atoms with Gasteiger partial charge in [0.1, 0.15) is 10.6 Å². The molecule has 0 aliphatic carbocycles. The van der Waals surface area contributed by atoms with Gasteiger partial charge >= 0.3 is 5.97 Å². The fourth-order valence-corrected chi connectivity index (χ4v) is 2.77. The molecule has 0 saturated carbocycles. The molecule has 2 aromatic rings.